The van der Waals surface area contributed by atoms with Gasteiger partial charge in [0.25, 0.3) is 5.91 Å². The molecule has 0 radical (unpaired) electrons. The number of carbonyl (C=O) groups is 1. The van der Waals surface area contributed by atoms with Gasteiger partial charge < -0.3 is 9.64 Å². The Morgan fingerprint density at radius 3 is 2.86 bits per heavy atom. The van der Waals surface area contributed by atoms with Crippen LogP contribution in [-0.4, -0.2) is 81.8 Å². The maximum absolute atomic E-state index is 13.2. The van der Waals surface area contributed by atoms with Gasteiger partial charge in [0.1, 0.15) is 11.2 Å². The van der Waals surface area contributed by atoms with Crippen molar-refractivity contribution < 1.29 is 9.53 Å². The van der Waals surface area contributed by atoms with Crippen molar-refractivity contribution in [2.45, 2.75) is 18.5 Å². The van der Waals surface area contributed by atoms with E-state index in [0.717, 1.165) is 23.1 Å². The summed E-state index contributed by atoms with van der Waals surface area (Å²) in [4.78, 5) is 21.7. The van der Waals surface area contributed by atoms with Crippen LogP contribution in [0.3, 0.4) is 0 Å². The summed E-state index contributed by atoms with van der Waals surface area (Å²) < 4.78 is 6.95. The molecule has 1 amide bonds. The number of likely N-dealkylation sites (N-methyl/N-ethyl adjacent to an activating group) is 1. The van der Waals surface area contributed by atoms with Crippen LogP contribution in [0.1, 0.15) is 22.7 Å². The molecule has 1 aliphatic rings. The normalized spacial score (nSPS) is 19.4. The highest BCUT2D eigenvalue weighted by atomic mass is 16.5. The average molecular weight is 395 g/mol. The third kappa shape index (κ3) is 3.47. The van der Waals surface area contributed by atoms with Crippen molar-refractivity contribution in [1.29, 1.82) is 0 Å². The average Bonchev–Trinajstić information content (AvgIpc) is 3.39. The second kappa shape index (κ2) is 7.84. The summed E-state index contributed by atoms with van der Waals surface area (Å²) in [6, 6.07) is 11.5. The van der Waals surface area contributed by atoms with E-state index in [1.807, 2.05) is 49.3 Å². The lowest BCUT2D eigenvalue weighted by molar-refractivity contribution is 0.0731. The number of hydrogen-bond donors (Lipinski definition) is 0. The summed E-state index contributed by atoms with van der Waals surface area (Å²) >= 11 is 0. The minimum Gasteiger partial charge on any atom is -0.383 e. The van der Waals surface area contributed by atoms with E-state index in [0.29, 0.717) is 31.9 Å². The quantitative estimate of drug-likeness (QED) is 0.619. The molecule has 3 heterocycles. The Labute approximate surface area is 169 Å². The Bertz CT molecular complexity index is 1020. The summed E-state index contributed by atoms with van der Waals surface area (Å²) in [5.74, 6) is 0.678. The van der Waals surface area contributed by atoms with E-state index in [-0.39, 0.29) is 5.91 Å². The minimum absolute atomic E-state index is 0.0737. The standard InChI is InChI=1S/C20H25N7O2/c1-25(2)20(19-22-23-24-27(19)12-13-29-3)10-11-26(14-20)18(28)17-9-8-15-6-4-5-7-16(15)21-17/h4-9H,10-14H2,1-3H3. The molecule has 0 spiro atoms. The molecular formula is C20H25N7O2. The number of tetrazole rings is 1. The molecule has 2 aromatic heterocycles. The lowest BCUT2D eigenvalue weighted by atomic mass is 9.96. The predicted octanol–water partition coefficient (Wildman–Crippen LogP) is 1.17. The Balaban J connectivity index is 1.61. The number of rotatable bonds is 6. The number of hydrogen-bond acceptors (Lipinski definition) is 7. The van der Waals surface area contributed by atoms with Crippen molar-refractivity contribution in [3.63, 3.8) is 0 Å². The van der Waals surface area contributed by atoms with Gasteiger partial charge in [-0.1, -0.05) is 24.3 Å². The number of carbonyl (C=O) groups excluding carboxylic acids is 1. The van der Waals surface area contributed by atoms with Crippen LogP contribution in [0.4, 0.5) is 0 Å². The molecule has 1 fully saturated rings. The van der Waals surface area contributed by atoms with E-state index in [4.69, 9.17) is 4.74 Å². The van der Waals surface area contributed by atoms with Gasteiger partial charge in [-0.15, -0.1) is 5.10 Å². The van der Waals surface area contributed by atoms with Gasteiger partial charge in [0.15, 0.2) is 5.82 Å². The summed E-state index contributed by atoms with van der Waals surface area (Å²) in [5.41, 5.74) is 0.821. The minimum atomic E-state index is -0.455. The topological polar surface area (TPSA) is 89.3 Å². The highest BCUT2D eigenvalue weighted by Crippen LogP contribution is 2.35. The van der Waals surface area contributed by atoms with Crippen LogP contribution in [-0.2, 0) is 16.8 Å². The van der Waals surface area contributed by atoms with Crippen LogP contribution in [0, 0.1) is 0 Å². The van der Waals surface area contributed by atoms with Crippen LogP contribution < -0.4 is 0 Å². The van der Waals surface area contributed by atoms with E-state index < -0.39 is 5.54 Å². The van der Waals surface area contributed by atoms with Gasteiger partial charge in [-0.05, 0) is 43.1 Å². The molecule has 152 valence electrons. The number of benzene rings is 1. The van der Waals surface area contributed by atoms with E-state index in [9.17, 15) is 4.79 Å². The first-order valence-corrected chi connectivity index (χ1v) is 9.63. The first-order chi connectivity index (χ1) is 14.0. The lowest BCUT2D eigenvalue weighted by Crippen LogP contribution is -2.47. The van der Waals surface area contributed by atoms with Crippen LogP contribution in [0.25, 0.3) is 10.9 Å². The van der Waals surface area contributed by atoms with E-state index in [1.165, 1.54) is 0 Å². The third-order valence-corrected chi connectivity index (χ3v) is 5.66. The second-order valence-corrected chi connectivity index (χ2v) is 7.51. The SMILES string of the molecule is COCCn1nnnc1C1(N(C)C)CCN(C(=O)c2ccc3ccccc3n2)C1. The number of aromatic nitrogens is 5. The highest BCUT2D eigenvalue weighted by molar-refractivity contribution is 5.95. The van der Waals surface area contributed by atoms with Crippen LogP contribution in [0.2, 0.25) is 0 Å². The third-order valence-electron chi connectivity index (χ3n) is 5.66. The zero-order valence-electron chi connectivity index (χ0n) is 16.9. The first-order valence-electron chi connectivity index (χ1n) is 9.63. The van der Waals surface area contributed by atoms with E-state index in [1.54, 1.807) is 17.9 Å². The fourth-order valence-corrected chi connectivity index (χ4v) is 3.93. The molecule has 29 heavy (non-hydrogen) atoms. The largest absolute Gasteiger partial charge is 0.383 e. The molecular weight excluding hydrogens is 370 g/mol. The molecule has 1 atom stereocenters. The molecule has 1 unspecified atom stereocenters. The Kier molecular flexibility index (Phi) is 5.25. The smallest absolute Gasteiger partial charge is 0.272 e. The fourth-order valence-electron chi connectivity index (χ4n) is 3.93. The molecule has 0 aliphatic carbocycles. The summed E-state index contributed by atoms with van der Waals surface area (Å²) in [7, 11) is 5.65. The van der Waals surface area contributed by atoms with E-state index in [2.05, 4.69) is 25.4 Å². The van der Waals surface area contributed by atoms with Crippen molar-refractivity contribution in [3.05, 3.63) is 47.9 Å². The Hall–Kier alpha value is -2.91. The number of para-hydroxylation sites is 1. The molecule has 3 aromatic rings. The van der Waals surface area contributed by atoms with Gasteiger partial charge in [-0.2, -0.15) is 0 Å². The molecule has 1 aromatic carbocycles. The number of nitrogens with zero attached hydrogens (tertiary/aromatic N) is 7. The van der Waals surface area contributed by atoms with Crippen LogP contribution in [0.15, 0.2) is 36.4 Å². The van der Waals surface area contributed by atoms with Gasteiger partial charge >= 0.3 is 0 Å². The zero-order valence-corrected chi connectivity index (χ0v) is 16.9. The fraction of sp³-hybridized carbons (Fsp3) is 0.450. The van der Waals surface area contributed by atoms with Crippen LogP contribution >= 0.6 is 0 Å². The van der Waals surface area contributed by atoms with Crippen molar-refractivity contribution in [2.24, 2.45) is 0 Å². The highest BCUT2D eigenvalue weighted by Gasteiger charge is 2.47. The van der Waals surface area contributed by atoms with E-state index >= 15 is 0 Å². The number of ether oxygens (including phenoxy) is 1. The predicted molar refractivity (Wildman–Crippen MR) is 107 cm³/mol. The monoisotopic (exact) mass is 395 g/mol. The number of amides is 1. The van der Waals surface area contributed by atoms with Gasteiger partial charge in [0.05, 0.1) is 18.7 Å². The number of likely N-dealkylation sites (tertiary alicyclic amines) is 1. The second-order valence-electron chi connectivity index (χ2n) is 7.51. The van der Waals surface area contributed by atoms with Crippen LogP contribution in [0.5, 0.6) is 0 Å². The maximum atomic E-state index is 13.2. The van der Waals surface area contributed by atoms with Crippen molar-refractivity contribution in [2.75, 3.05) is 40.9 Å². The Morgan fingerprint density at radius 2 is 2.07 bits per heavy atom. The molecule has 9 heteroatoms. The molecule has 1 saturated heterocycles. The van der Waals surface area contributed by atoms with Crippen molar-refractivity contribution in [1.82, 2.24) is 35.0 Å². The maximum Gasteiger partial charge on any atom is 0.272 e. The summed E-state index contributed by atoms with van der Waals surface area (Å²) in [6.07, 6.45) is 0.743. The molecule has 0 saturated carbocycles. The summed E-state index contributed by atoms with van der Waals surface area (Å²) in [6.45, 7) is 2.20. The number of methoxy groups -OCH3 is 1. The number of fused-ring (bicyclic) bond motifs is 1. The molecule has 9 nitrogen and oxygen atoms in total. The van der Waals surface area contributed by atoms with Crippen molar-refractivity contribution >= 4 is 16.8 Å². The molecule has 0 bridgehead atoms. The summed E-state index contributed by atoms with van der Waals surface area (Å²) in [5, 5.41) is 13.3. The number of pyridine rings is 1. The molecule has 4 rings (SSSR count). The van der Waals surface area contributed by atoms with Gasteiger partial charge in [-0.25, -0.2) is 9.67 Å². The van der Waals surface area contributed by atoms with Gasteiger partial charge in [-0.3, -0.25) is 9.69 Å². The van der Waals surface area contributed by atoms with Crippen molar-refractivity contribution in [3.8, 4) is 0 Å². The zero-order chi connectivity index (χ0) is 20.4. The first kappa shape index (κ1) is 19.4. The van der Waals surface area contributed by atoms with Gasteiger partial charge in [0, 0.05) is 25.6 Å². The Morgan fingerprint density at radius 1 is 1.24 bits per heavy atom. The molecule has 0 N–H and O–H groups in total. The lowest BCUT2D eigenvalue weighted by Gasteiger charge is -2.34. The molecule has 1 aliphatic heterocycles. The van der Waals surface area contributed by atoms with Gasteiger partial charge in [0.2, 0.25) is 0 Å².